The Morgan fingerprint density at radius 3 is 1.17 bits per heavy atom. The van der Waals surface area contributed by atoms with Gasteiger partial charge in [0.1, 0.15) is 0 Å². The van der Waals surface area contributed by atoms with E-state index in [2.05, 4.69) is 18.5 Å². The standard InChI is InChI=1S/C2H7N.C2H4.ClH/c1-3-2;1-2;/h3H,1-2H3;1-2H2;1H. The Morgan fingerprint density at radius 2 is 1.17 bits per heavy atom. The fourth-order valence-electron chi connectivity index (χ4n) is 0. The third-order valence-corrected chi connectivity index (χ3v) is 0. The van der Waals surface area contributed by atoms with Crippen molar-refractivity contribution in [3.05, 3.63) is 13.2 Å². The average molecular weight is 110 g/mol. The lowest BCUT2D eigenvalue weighted by Crippen LogP contribution is -1.89. The van der Waals surface area contributed by atoms with Gasteiger partial charge in [-0.15, -0.1) is 25.6 Å². The molecule has 0 bridgehead atoms. The number of nitrogens with one attached hydrogen (secondary N) is 1. The lowest BCUT2D eigenvalue weighted by Gasteiger charge is -1.59. The van der Waals surface area contributed by atoms with Gasteiger partial charge in [-0.3, -0.25) is 0 Å². The molecule has 6 heavy (non-hydrogen) atoms. The van der Waals surface area contributed by atoms with Gasteiger partial charge in [-0.2, -0.15) is 0 Å². The van der Waals surface area contributed by atoms with Crippen LogP contribution in [0.25, 0.3) is 0 Å². The third kappa shape index (κ3) is 357000. The Kier molecular flexibility index (Phi) is 225. The predicted octanol–water partition coefficient (Wildman–Crippen LogP) is 1.06. The maximum atomic E-state index is 3.00. The monoisotopic (exact) mass is 109 g/mol. The summed E-state index contributed by atoms with van der Waals surface area (Å²) in [5, 5.41) is 2.75. The zero-order valence-electron chi connectivity index (χ0n) is 4.32. The van der Waals surface area contributed by atoms with Crippen molar-refractivity contribution < 1.29 is 0 Å². The van der Waals surface area contributed by atoms with Gasteiger partial charge in [-0.25, -0.2) is 0 Å². The minimum Gasteiger partial charge on any atom is -0.323 e. The van der Waals surface area contributed by atoms with Crippen molar-refractivity contribution >= 4 is 12.4 Å². The van der Waals surface area contributed by atoms with Crippen molar-refractivity contribution in [2.75, 3.05) is 14.1 Å². The molecule has 0 aliphatic heterocycles. The molecule has 0 aromatic heterocycles. The first kappa shape index (κ1) is 16.7. The molecule has 0 saturated heterocycles. The molecule has 1 N–H and O–H groups in total. The van der Waals surface area contributed by atoms with Crippen LogP contribution in [0.4, 0.5) is 0 Å². The van der Waals surface area contributed by atoms with E-state index in [4.69, 9.17) is 0 Å². The molecular formula is C4H12ClN. The summed E-state index contributed by atoms with van der Waals surface area (Å²) in [5.41, 5.74) is 0. The summed E-state index contributed by atoms with van der Waals surface area (Å²) in [6.07, 6.45) is 0. The highest BCUT2D eigenvalue weighted by atomic mass is 35.5. The first-order chi connectivity index (χ1) is 2.41. The van der Waals surface area contributed by atoms with Gasteiger partial charge in [-0.05, 0) is 14.1 Å². The van der Waals surface area contributed by atoms with Crippen LogP contribution in [0.5, 0.6) is 0 Å². The van der Waals surface area contributed by atoms with Crippen molar-refractivity contribution in [3.8, 4) is 0 Å². The van der Waals surface area contributed by atoms with Crippen LogP contribution in [-0.4, -0.2) is 14.1 Å². The Balaban J connectivity index is -0.0000000275. The van der Waals surface area contributed by atoms with Gasteiger partial charge in [0.15, 0.2) is 0 Å². The van der Waals surface area contributed by atoms with Crippen LogP contribution < -0.4 is 5.32 Å². The van der Waals surface area contributed by atoms with Gasteiger partial charge in [-0.1, -0.05) is 0 Å². The normalized spacial score (nSPS) is 3.67. The highest BCUT2D eigenvalue weighted by molar-refractivity contribution is 5.85. The highest BCUT2D eigenvalue weighted by Gasteiger charge is 1.25. The molecule has 0 fully saturated rings. The average Bonchev–Trinajstić information content (AvgIpc) is 1.46. The van der Waals surface area contributed by atoms with E-state index < -0.39 is 0 Å². The number of hydrogen-bond acceptors (Lipinski definition) is 1. The minimum atomic E-state index is 0. The quantitative estimate of drug-likeness (QED) is 0.459. The van der Waals surface area contributed by atoms with E-state index in [1.165, 1.54) is 0 Å². The van der Waals surface area contributed by atoms with E-state index in [-0.39, 0.29) is 12.4 Å². The molecule has 0 saturated carbocycles. The molecule has 0 spiro atoms. The minimum absolute atomic E-state index is 0. The summed E-state index contributed by atoms with van der Waals surface area (Å²) in [6.45, 7) is 6.00. The van der Waals surface area contributed by atoms with E-state index in [0.717, 1.165) is 0 Å². The Labute approximate surface area is 45.9 Å². The molecule has 2 heteroatoms. The third-order valence-electron chi connectivity index (χ3n) is 0. The SMILES string of the molecule is C=C.CNC.Cl. The highest BCUT2D eigenvalue weighted by Crippen LogP contribution is 0.981. The summed E-state index contributed by atoms with van der Waals surface area (Å²) in [7, 11) is 3.75. The smallest absolute Gasteiger partial charge is 0.0167 e. The van der Waals surface area contributed by atoms with Crippen molar-refractivity contribution in [1.82, 2.24) is 5.32 Å². The van der Waals surface area contributed by atoms with Gasteiger partial charge in [0.25, 0.3) is 0 Å². The van der Waals surface area contributed by atoms with Gasteiger partial charge < -0.3 is 5.32 Å². The van der Waals surface area contributed by atoms with Gasteiger partial charge in [0, 0.05) is 0 Å². The van der Waals surface area contributed by atoms with Crippen molar-refractivity contribution in [2.45, 2.75) is 0 Å². The van der Waals surface area contributed by atoms with Crippen LogP contribution >= 0.6 is 12.4 Å². The maximum absolute atomic E-state index is 3.00. The summed E-state index contributed by atoms with van der Waals surface area (Å²) in [4.78, 5) is 0. The van der Waals surface area contributed by atoms with Crippen molar-refractivity contribution in [2.24, 2.45) is 0 Å². The van der Waals surface area contributed by atoms with Crippen LogP contribution in [0.1, 0.15) is 0 Å². The van der Waals surface area contributed by atoms with Crippen LogP contribution in [0.15, 0.2) is 13.2 Å². The fraction of sp³-hybridized carbons (Fsp3) is 0.500. The number of rotatable bonds is 0. The molecule has 0 radical (unpaired) electrons. The summed E-state index contributed by atoms with van der Waals surface area (Å²) < 4.78 is 0. The molecule has 0 rings (SSSR count). The fourth-order valence-corrected chi connectivity index (χ4v) is 0. The van der Waals surface area contributed by atoms with Gasteiger partial charge >= 0.3 is 0 Å². The zero-order valence-corrected chi connectivity index (χ0v) is 5.14. The molecule has 0 atom stereocenters. The molecule has 40 valence electrons. The van der Waals surface area contributed by atoms with Crippen molar-refractivity contribution in [1.29, 1.82) is 0 Å². The molecule has 0 heterocycles. The molecular weight excluding hydrogens is 97.5 g/mol. The lowest BCUT2D eigenvalue weighted by atomic mass is 11.3. The van der Waals surface area contributed by atoms with E-state index in [0.29, 0.717) is 0 Å². The molecule has 0 amide bonds. The summed E-state index contributed by atoms with van der Waals surface area (Å²) in [6, 6.07) is 0. The van der Waals surface area contributed by atoms with Crippen LogP contribution in [0, 0.1) is 0 Å². The first-order valence-corrected chi connectivity index (χ1v) is 1.50. The molecule has 0 aliphatic rings. The van der Waals surface area contributed by atoms with Gasteiger partial charge in [0.2, 0.25) is 0 Å². The Morgan fingerprint density at radius 1 is 1.17 bits per heavy atom. The largest absolute Gasteiger partial charge is 0.323 e. The second-order valence-corrected chi connectivity index (χ2v) is 0.500. The van der Waals surface area contributed by atoms with Crippen LogP contribution in [0.3, 0.4) is 0 Å². The summed E-state index contributed by atoms with van der Waals surface area (Å²) >= 11 is 0. The second kappa shape index (κ2) is 81.1. The van der Waals surface area contributed by atoms with Crippen LogP contribution in [-0.2, 0) is 0 Å². The molecule has 0 aromatic rings. The topological polar surface area (TPSA) is 12.0 Å². The molecule has 0 unspecified atom stereocenters. The lowest BCUT2D eigenvalue weighted by molar-refractivity contribution is 1.02. The van der Waals surface area contributed by atoms with E-state index >= 15 is 0 Å². The van der Waals surface area contributed by atoms with E-state index in [1.54, 1.807) is 0 Å². The Bertz CT molecular complexity index is 11.5. The molecule has 1 nitrogen and oxygen atoms in total. The number of halogens is 1. The number of hydrogen-bond donors (Lipinski definition) is 1. The zero-order chi connectivity index (χ0) is 4.71. The molecule has 0 aromatic carbocycles. The predicted molar refractivity (Wildman–Crippen MR) is 33.5 cm³/mol. The summed E-state index contributed by atoms with van der Waals surface area (Å²) in [5.74, 6) is 0. The van der Waals surface area contributed by atoms with Crippen molar-refractivity contribution in [3.63, 3.8) is 0 Å². The second-order valence-electron chi connectivity index (χ2n) is 0.500. The van der Waals surface area contributed by atoms with E-state index in [1.807, 2.05) is 14.1 Å². The Hall–Kier alpha value is -0.0100. The maximum Gasteiger partial charge on any atom is -0.0167 e. The first-order valence-electron chi connectivity index (χ1n) is 1.50. The van der Waals surface area contributed by atoms with E-state index in [9.17, 15) is 0 Å². The van der Waals surface area contributed by atoms with Crippen LogP contribution in [0.2, 0.25) is 0 Å². The molecule has 0 aliphatic carbocycles. The van der Waals surface area contributed by atoms with Gasteiger partial charge in [0.05, 0.1) is 0 Å².